The van der Waals surface area contributed by atoms with Crippen LogP contribution in [0, 0.1) is 6.92 Å². The van der Waals surface area contributed by atoms with Gasteiger partial charge in [0.2, 0.25) is 0 Å². The minimum atomic E-state index is 0.00644. The minimum absolute atomic E-state index is 0.00644. The topological polar surface area (TPSA) is 68.0 Å². The van der Waals surface area contributed by atoms with Crippen molar-refractivity contribution in [2.75, 3.05) is 0 Å². The summed E-state index contributed by atoms with van der Waals surface area (Å²) in [7, 11) is 0. The maximum absolute atomic E-state index is 12.6. The first-order valence-corrected chi connectivity index (χ1v) is 9.25. The molecule has 1 N–H and O–H groups in total. The molecule has 6 nitrogen and oxygen atoms in total. The monoisotopic (exact) mass is 347 g/mol. The van der Waals surface area contributed by atoms with E-state index in [1.807, 2.05) is 17.7 Å². The summed E-state index contributed by atoms with van der Waals surface area (Å²) in [6, 6.07) is 8.66. The first-order valence-electron chi connectivity index (χ1n) is 9.25. The molecule has 26 heavy (non-hydrogen) atoms. The van der Waals surface area contributed by atoms with E-state index >= 15 is 0 Å². The number of nitrogens with zero attached hydrogens (tertiary/aromatic N) is 4. The van der Waals surface area contributed by atoms with E-state index in [9.17, 15) is 4.79 Å². The molecule has 6 heteroatoms. The molecule has 0 atom stereocenters. The van der Waals surface area contributed by atoms with E-state index in [0.29, 0.717) is 6.04 Å². The fraction of sp³-hybridized carbons (Fsp3) is 0.350. The molecule has 1 saturated carbocycles. The first-order chi connectivity index (χ1) is 12.7. The van der Waals surface area contributed by atoms with Crippen LogP contribution in [0.15, 0.2) is 41.6 Å². The number of fused-ring (bicyclic) bond motifs is 2. The van der Waals surface area contributed by atoms with Crippen LogP contribution < -0.4 is 5.69 Å². The van der Waals surface area contributed by atoms with Gasteiger partial charge in [-0.2, -0.15) is 5.10 Å². The predicted octanol–water partition coefficient (Wildman–Crippen LogP) is 3.85. The van der Waals surface area contributed by atoms with Crippen LogP contribution in [0.25, 0.3) is 27.8 Å². The highest BCUT2D eigenvalue weighted by molar-refractivity contribution is 5.82. The van der Waals surface area contributed by atoms with E-state index < -0.39 is 0 Å². The zero-order valence-corrected chi connectivity index (χ0v) is 14.8. The van der Waals surface area contributed by atoms with Gasteiger partial charge in [0, 0.05) is 17.8 Å². The van der Waals surface area contributed by atoms with Crippen LogP contribution in [0.4, 0.5) is 0 Å². The van der Waals surface area contributed by atoms with Crippen LogP contribution in [-0.2, 0) is 0 Å². The van der Waals surface area contributed by atoms with Gasteiger partial charge in [-0.15, -0.1) is 0 Å². The van der Waals surface area contributed by atoms with Crippen LogP contribution in [0.1, 0.15) is 43.7 Å². The quantitative estimate of drug-likeness (QED) is 0.599. The first kappa shape index (κ1) is 15.4. The molecule has 1 aliphatic carbocycles. The Morgan fingerprint density at radius 2 is 1.96 bits per heavy atom. The van der Waals surface area contributed by atoms with Crippen molar-refractivity contribution < 1.29 is 0 Å². The Morgan fingerprint density at radius 3 is 2.81 bits per heavy atom. The molecule has 1 aliphatic rings. The molecular formula is C20H21N5O. The third-order valence-electron chi connectivity index (χ3n) is 5.55. The molecule has 0 unspecified atom stereocenters. The lowest BCUT2D eigenvalue weighted by Gasteiger charge is -2.22. The van der Waals surface area contributed by atoms with Crippen molar-refractivity contribution in [2.45, 2.75) is 45.1 Å². The Labute approximate surface area is 150 Å². The molecule has 0 saturated heterocycles. The van der Waals surface area contributed by atoms with E-state index in [1.165, 1.54) is 19.3 Å². The van der Waals surface area contributed by atoms with Crippen LogP contribution in [-0.4, -0.2) is 24.1 Å². The molecule has 1 fully saturated rings. The molecule has 0 radical (unpaired) electrons. The van der Waals surface area contributed by atoms with Crippen molar-refractivity contribution >= 4 is 16.7 Å². The highest BCUT2D eigenvalue weighted by Gasteiger charge is 2.20. The number of imidazole rings is 1. The number of rotatable bonds is 2. The average Bonchev–Trinajstić information content (AvgIpc) is 3.25. The number of aromatic nitrogens is 5. The zero-order chi connectivity index (χ0) is 17.7. The Morgan fingerprint density at radius 1 is 1.12 bits per heavy atom. The zero-order valence-electron chi connectivity index (χ0n) is 14.8. The van der Waals surface area contributed by atoms with Gasteiger partial charge < -0.3 is 4.98 Å². The van der Waals surface area contributed by atoms with E-state index in [4.69, 9.17) is 0 Å². The van der Waals surface area contributed by atoms with Gasteiger partial charge in [-0.25, -0.2) is 14.3 Å². The SMILES string of the molecule is Cc1cc(-c2ccc3c(c2)[nH]c(=O)n3C2CCCCC2)cn2ncnc12. The normalized spacial score (nSPS) is 15.9. The molecule has 0 bridgehead atoms. The molecule has 1 aromatic carbocycles. The summed E-state index contributed by atoms with van der Waals surface area (Å²) in [6.07, 6.45) is 9.43. The van der Waals surface area contributed by atoms with Crippen LogP contribution >= 0.6 is 0 Å². The summed E-state index contributed by atoms with van der Waals surface area (Å²) in [5.74, 6) is 0. The Balaban J connectivity index is 1.62. The van der Waals surface area contributed by atoms with Crippen LogP contribution in [0.5, 0.6) is 0 Å². The second kappa shape index (κ2) is 5.83. The van der Waals surface area contributed by atoms with Crippen molar-refractivity contribution in [3.63, 3.8) is 0 Å². The second-order valence-electron chi connectivity index (χ2n) is 7.26. The molecule has 0 aliphatic heterocycles. The average molecular weight is 347 g/mol. The molecule has 132 valence electrons. The summed E-state index contributed by atoms with van der Waals surface area (Å²) >= 11 is 0. The Bertz CT molecular complexity index is 1160. The van der Waals surface area contributed by atoms with Gasteiger partial charge in [-0.3, -0.25) is 4.57 Å². The summed E-state index contributed by atoms with van der Waals surface area (Å²) in [6.45, 7) is 2.04. The van der Waals surface area contributed by atoms with Crippen molar-refractivity contribution in [3.8, 4) is 11.1 Å². The Kier molecular flexibility index (Phi) is 3.45. The lowest BCUT2D eigenvalue weighted by Crippen LogP contribution is -2.23. The van der Waals surface area contributed by atoms with Gasteiger partial charge in [0.1, 0.15) is 6.33 Å². The van der Waals surface area contributed by atoms with Gasteiger partial charge >= 0.3 is 5.69 Å². The van der Waals surface area contributed by atoms with Crippen LogP contribution in [0.3, 0.4) is 0 Å². The van der Waals surface area contributed by atoms with E-state index in [1.54, 1.807) is 10.8 Å². The maximum Gasteiger partial charge on any atom is 0.326 e. The highest BCUT2D eigenvalue weighted by atomic mass is 16.1. The smallest absolute Gasteiger partial charge is 0.306 e. The lowest BCUT2D eigenvalue weighted by atomic mass is 9.95. The van der Waals surface area contributed by atoms with E-state index in [-0.39, 0.29) is 5.69 Å². The minimum Gasteiger partial charge on any atom is -0.306 e. The van der Waals surface area contributed by atoms with Crippen molar-refractivity contribution in [2.24, 2.45) is 0 Å². The number of hydrogen-bond acceptors (Lipinski definition) is 3. The van der Waals surface area contributed by atoms with Crippen molar-refractivity contribution in [3.05, 3.63) is 52.8 Å². The number of hydrogen-bond donors (Lipinski definition) is 1. The summed E-state index contributed by atoms with van der Waals surface area (Å²) < 4.78 is 3.76. The third-order valence-corrected chi connectivity index (χ3v) is 5.55. The van der Waals surface area contributed by atoms with Crippen LogP contribution in [0.2, 0.25) is 0 Å². The van der Waals surface area contributed by atoms with Gasteiger partial charge in [-0.05, 0) is 49.1 Å². The van der Waals surface area contributed by atoms with Gasteiger partial charge in [0.05, 0.1) is 11.0 Å². The fourth-order valence-electron chi connectivity index (χ4n) is 4.26. The third kappa shape index (κ3) is 2.36. The number of H-pyrrole nitrogens is 1. The van der Waals surface area contributed by atoms with E-state index in [2.05, 4.69) is 39.3 Å². The molecule has 4 aromatic rings. The summed E-state index contributed by atoms with van der Waals surface area (Å²) in [5.41, 5.74) is 5.98. The largest absolute Gasteiger partial charge is 0.326 e. The summed E-state index contributed by atoms with van der Waals surface area (Å²) in [4.78, 5) is 19.9. The summed E-state index contributed by atoms with van der Waals surface area (Å²) in [5, 5.41) is 4.25. The number of aromatic amines is 1. The van der Waals surface area contributed by atoms with E-state index in [0.717, 1.165) is 46.2 Å². The second-order valence-corrected chi connectivity index (χ2v) is 7.26. The predicted molar refractivity (Wildman–Crippen MR) is 101 cm³/mol. The standard InChI is InChI=1S/C20H21N5O/c1-13-9-15(11-24-19(13)21-12-22-24)14-7-8-18-17(10-14)23-20(26)25(18)16-5-3-2-4-6-16/h7-12,16H,2-6H2,1H3,(H,23,26). The molecule has 0 amide bonds. The van der Waals surface area contributed by atoms with Gasteiger partial charge in [0.25, 0.3) is 0 Å². The number of benzene rings is 1. The lowest BCUT2D eigenvalue weighted by molar-refractivity contribution is 0.353. The highest BCUT2D eigenvalue weighted by Crippen LogP contribution is 2.31. The Hall–Kier alpha value is -2.89. The number of nitrogens with one attached hydrogen (secondary N) is 1. The number of aryl methyl sites for hydroxylation is 1. The fourth-order valence-corrected chi connectivity index (χ4v) is 4.26. The van der Waals surface area contributed by atoms with Crippen molar-refractivity contribution in [1.29, 1.82) is 0 Å². The molecule has 3 heterocycles. The molecule has 5 rings (SSSR count). The van der Waals surface area contributed by atoms with Gasteiger partial charge in [-0.1, -0.05) is 25.3 Å². The van der Waals surface area contributed by atoms with Gasteiger partial charge in [0.15, 0.2) is 5.65 Å². The molecule has 0 spiro atoms. The molecule has 3 aromatic heterocycles. The molecular weight excluding hydrogens is 326 g/mol. The maximum atomic E-state index is 12.6. The van der Waals surface area contributed by atoms with Crippen molar-refractivity contribution in [1.82, 2.24) is 24.1 Å². The number of pyridine rings is 1.